The van der Waals surface area contributed by atoms with Gasteiger partial charge in [-0.15, -0.1) is 0 Å². The Labute approximate surface area is 134 Å². The molecule has 0 atom stereocenters. The van der Waals surface area contributed by atoms with Crippen LogP contribution < -0.4 is 0 Å². The van der Waals surface area contributed by atoms with Gasteiger partial charge in [-0.05, 0) is 31.2 Å². The second-order valence-corrected chi connectivity index (χ2v) is 6.57. The van der Waals surface area contributed by atoms with E-state index in [4.69, 9.17) is 0 Å². The average molecular weight is 366 g/mol. The van der Waals surface area contributed by atoms with Crippen molar-refractivity contribution in [3.05, 3.63) is 64.7 Å². The molecular formula is C15H11F5O3S. The third kappa shape index (κ3) is 4.09. The number of rotatable bonds is 4. The van der Waals surface area contributed by atoms with Crippen LogP contribution in [0, 0.1) is 18.6 Å². The average Bonchev–Trinajstić information content (AvgIpc) is 2.47. The second-order valence-electron chi connectivity index (χ2n) is 4.95. The van der Waals surface area contributed by atoms with Gasteiger partial charge < -0.3 is 0 Å². The molecule has 0 saturated heterocycles. The van der Waals surface area contributed by atoms with Crippen molar-refractivity contribution < 1.29 is 34.6 Å². The molecule has 2 rings (SSSR count). The first-order valence-corrected chi connectivity index (χ1v) is 7.93. The van der Waals surface area contributed by atoms with Crippen molar-refractivity contribution in [1.29, 1.82) is 0 Å². The van der Waals surface area contributed by atoms with Gasteiger partial charge in [-0.1, -0.05) is 17.7 Å². The van der Waals surface area contributed by atoms with Gasteiger partial charge in [0, 0.05) is 5.56 Å². The molecule has 2 aromatic rings. The molecule has 0 aromatic heterocycles. The molecule has 24 heavy (non-hydrogen) atoms. The molecule has 3 nitrogen and oxygen atoms in total. The third-order valence-corrected chi connectivity index (χ3v) is 4.38. The van der Waals surface area contributed by atoms with Crippen LogP contribution in [-0.4, -0.2) is 8.42 Å². The molecule has 0 aliphatic carbocycles. The summed E-state index contributed by atoms with van der Waals surface area (Å²) in [6.45, 7) is 0.654. The summed E-state index contributed by atoms with van der Waals surface area (Å²) in [6.07, 6.45) is -5.11. The van der Waals surface area contributed by atoms with Crippen LogP contribution in [0.5, 0.6) is 0 Å². The Morgan fingerprint density at radius 3 is 2.17 bits per heavy atom. The molecule has 0 aliphatic heterocycles. The van der Waals surface area contributed by atoms with Gasteiger partial charge in [0.25, 0.3) is 10.1 Å². The molecule has 2 aromatic carbocycles. The van der Waals surface area contributed by atoms with Crippen molar-refractivity contribution in [2.75, 3.05) is 0 Å². The fourth-order valence-electron chi connectivity index (χ4n) is 1.87. The van der Waals surface area contributed by atoms with Gasteiger partial charge in [0.15, 0.2) is 0 Å². The molecule has 0 bridgehead atoms. The van der Waals surface area contributed by atoms with Crippen LogP contribution >= 0.6 is 0 Å². The van der Waals surface area contributed by atoms with E-state index >= 15 is 0 Å². The Balaban J connectivity index is 2.29. The van der Waals surface area contributed by atoms with Crippen LogP contribution in [0.4, 0.5) is 22.0 Å². The minimum absolute atomic E-state index is 0.00664. The summed E-state index contributed by atoms with van der Waals surface area (Å²) in [5, 5.41) is 0. The van der Waals surface area contributed by atoms with E-state index in [9.17, 15) is 30.4 Å². The number of benzene rings is 2. The zero-order valence-electron chi connectivity index (χ0n) is 12.2. The molecule has 0 unspecified atom stereocenters. The number of aryl methyl sites for hydroxylation is 1. The standard InChI is InChI=1S/C15H11F5O3S/c1-9-2-4-12(5-3-9)24(21,22)23-8-10-6-11(16)7-13(14(10)17)15(18,19)20/h2-7H,8H2,1H3. The lowest BCUT2D eigenvalue weighted by atomic mass is 10.1. The molecule has 0 N–H and O–H groups in total. The van der Waals surface area contributed by atoms with E-state index in [1.165, 1.54) is 24.3 Å². The number of hydrogen-bond donors (Lipinski definition) is 0. The molecule has 0 saturated carbocycles. The lowest BCUT2D eigenvalue weighted by Gasteiger charge is -2.12. The first kappa shape index (κ1) is 18.3. The van der Waals surface area contributed by atoms with E-state index in [2.05, 4.69) is 4.18 Å². The topological polar surface area (TPSA) is 43.4 Å². The number of alkyl halides is 3. The predicted molar refractivity (Wildman–Crippen MR) is 74.5 cm³/mol. The maximum absolute atomic E-state index is 13.8. The third-order valence-electron chi connectivity index (χ3n) is 3.10. The van der Waals surface area contributed by atoms with Gasteiger partial charge in [-0.3, -0.25) is 4.18 Å². The minimum atomic E-state index is -5.11. The van der Waals surface area contributed by atoms with Crippen molar-refractivity contribution in [3.8, 4) is 0 Å². The maximum Gasteiger partial charge on any atom is 0.419 e. The van der Waals surface area contributed by atoms with Crippen molar-refractivity contribution in [3.63, 3.8) is 0 Å². The Morgan fingerprint density at radius 2 is 1.62 bits per heavy atom. The summed E-state index contributed by atoms with van der Waals surface area (Å²) in [5.41, 5.74) is -1.90. The van der Waals surface area contributed by atoms with Gasteiger partial charge >= 0.3 is 6.18 Å². The number of hydrogen-bond acceptors (Lipinski definition) is 3. The van der Waals surface area contributed by atoms with Crippen LogP contribution in [0.15, 0.2) is 41.3 Å². The Morgan fingerprint density at radius 1 is 1.04 bits per heavy atom. The van der Waals surface area contributed by atoms with Gasteiger partial charge in [0.05, 0.1) is 17.1 Å². The second kappa shape index (κ2) is 6.48. The largest absolute Gasteiger partial charge is 0.419 e. The summed E-state index contributed by atoms with van der Waals surface area (Å²) in [7, 11) is -4.32. The molecule has 130 valence electrons. The Kier molecular flexibility index (Phi) is 4.95. The Hall–Kier alpha value is -2.00. The van der Waals surface area contributed by atoms with Gasteiger partial charge in [-0.25, -0.2) is 8.78 Å². The maximum atomic E-state index is 13.8. The smallest absolute Gasteiger partial charge is 0.261 e. The van der Waals surface area contributed by atoms with Crippen LogP contribution in [-0.2, 0) is 27.1 Å². The zero-order valence-corrected chi connectivity index (χ0v) is 13.0. The van der Waals surface area contributed by atoms with Crippen molar-refractivity contribution in [1.82, 2.24) is 0 Å². The summed E-state index contributed by atoms with van der Waals surface area (Å²) >= 11 is 0. The van der Waals surface area contributed by atoms with Crippen LogP contribution in [0.25, 0.3) is 0 Å². The quantitative estimate of drug-likeness (QED) is 0.602. The lowest BCUT2D eigenvalue weighted by Crippen LogP contribution is -2.13. The van der Waals surface area contributed by atoms with E-state index in [0.29, 0.717) is 6.07 Å². The zero-order chi connectivity index (χ0) is 18.1. The lowest BCUT2D eigenvalue weighted by molar-refractivity contribution is -0.140. The molecular weight excluding hydrogens is 355 g/mol. The van der Waals surface area contributed by atoms with Crippen molar-refractivity contribution in [2.24, 2.45) is 0 Å². The first-order valence-electron chi connectivity index (χ1n) is 6.52. The molecule has 0 spiro atoms. The molecule has 0 fully saturated rings. The summed E-state index contributed by atoms with van der Waals surface area (Å²) < 4.78 is 93.3. The fraction of sp³-hybridized carbons (Fsp3) is 0.200. The van der Waals surface area contributed by atoms with Crippen LogP contribution in [0.3, 0.4) is 0 Å². The van der Waals surface area contributed by atoms with Gasteiger partial charge in [0.1, 0.15) is 11.6 Å². The highest BCUT2D eigenvalue weighted by Gasteiger charge is 2.36. The van der Waals surface area contributed by atoms with Crippen molar-refractivity contribution in [2.45, 2.75) is 24.6 Å². The van der Waals surface area contributed by atoms with E-state index < -0.39 is 45.7 Å². The molecule has 0 amide bonds. The monoisotopic (exact) mass is 366 g/mol. The van der Waals surface area contributed by atoms with Crippen LogP contribution in [0.2, 0.25) is 0 Å². The molecule has 0 heterocycles. The first-order chi connectivity index (χ1) is 11.0. The summed E-state index contributed by atoms with van der Waals surface area (Å²) in [6, 6.07) is 5.88. The van der Waals surface area contributed by atoms with E-state index in [0.717, 1.165) is 5.56 Å². The molecule has 0 radical (unpaired) electrons. The van der Waals surface area contributed by atoms with Gasteiger partial charge in [0.2, 0.25) is 0 Å². The SMILES string of the molecule is Cc1ccc(S(=O)(=O)OCc2cc(F)cc(C(F)(F)F)c2F)cc1. The number of halogens is 5. The van der Waals surface area contributed by atoms with E-state index in [1.807, 2.05) is 0 Å². The highest BCUT2D eigenvalue weighted by Crippen LogP contribution is 2.33. The Bertz CT molecular complexity index is 843. The van der Waals surface area contributed by atoms with Crippen LogP contribution in [0.1, 0.15) is 16.7 Å². The normalized spacial score (nSPS) is 12.4. The van der Waals surface area contributed by atoms with Crippen molar-refractivity contribution >= 4 is 10.1 Å². The molecule has 9 heteroatoms. The summed E-state index contributed by atoms with van der Waals surface area (Å²) in [5.74, 6) is -3.13. The fourth-order valence-corrected chi connectivity index (χ4v) is 2.76. The highest BCUT2D eigenvalue weighted by molar-refractivity contribution is 7.86. The molecule has 0 aliphatic rings. The summed E-state index contributed by atoms with van der Waals surface area (Å²) in [4.78, 5) is -0.249. The predicted octanol–water partition coefficient (Wildman–Crippen LogP) is 4.20. The highest BCUT2D eigenvalue weighted by atomic mass is 32.2. The van der Waals surface area contributed by atoms with Gasteiger partial charge in [-0.2, -0.15) is 21.6 Å². The minimum Gasteiger partial charge on any atom is -0.261 e. The van der Waals surface area contributed by atoms with E-state index in [-0.39, 0.29) is 11.0 Å². The van der Waals surface area contributed by atoms with E-state index in [1.54, 1.807) is 6.92 Å².